The van der Waals surface area contributed by atoms with Crippen molar-refractivity contribution in [2.75, 3.05) is 13.1 Å². The zero-order valence-corrected chi connectivity index (χ0v) is 18.3. The topological polar surface area (TPSA) is 49.3 Å². The highest BCUT2D eigenvalue weighted by atomic mass is 127. The van der Waals surface area contributed by atoms with Gasteiger partial charge in [0.1, 0.15) is 0 Å². The largest absolute Gasteiger partial charge is 0.357 e. The number of guanidine groups is 1. The monoisotopic (exact) mass is 498 g/mol. The molecule has 4 nitrogen and oxygen atoms in total. The van der Waals surface area contributed by atoms with Crippen LogP contribution in [0.15, 0.2) is 28.6 Å². The lowest BCUT2D eigenvalue weighted by atomic mass is 10.2. The molecule has 1 aromatic carbocycles. The maximum atomic E-state index is 6.18. The molecule has 0 bridgehead atoms. The van der Waals surface area contributed by atoms with Gasteiger partial charge in [-0.1, -0.05) is 29.3 Å². The van der Waals surface area contributed by atoms with E-state index in [2.05, 4.69) is 26.0 Å². The van der Waals surface area contributed by atoms with Crippen LogP contribution in [0.1, 0.15) is 23.2 Å². The summed E-state index contributed by atoms with van der Waals surface area (Å²) in [5.41, 5.74) is 2.06. The second kappa shape index (κ2) is 11.1. The van der Waals surface area contributed by atoms with Crippen LogP contribution in [0.5, 0.6) is 0 Å². The summed E-state index contributed by atoms with van der Waals surface area (Å²) in [6.07, 6.45) is 0.871. The molecule has 0 radical (unpaired) electrons. The molecule has 1 aromatic heterocycles. The average Bonchev–Trinajstić information content (AvgIpc) is 2.91. The summed E-state index contributed by atoms with van der Waals surface area (Å²) in [7, 11) is 0. The molecule has 0 unspecified atom stereocenters. The molecule has 0 saturated heterocycles. The first-order chi connectivity index (χ1) is 11.1. The third-order valence-corrected chi connectivity index (χ3v) is 4.52. The summed E-state index contributed by atoms with van der Waals surface area (Å²) < 4.78 is 0. The molecule has 0 atom stereocenters. The number of hydrogen-bond acceptors (Lipinski definition) is 3. The minimum atomic E-state index is 0. The van der Waals surface area contributed by atoms with Crippen molar-refractivity contribution >= 4 is 64.5 Å². The Labute approximate surface area is 174 Å². The van der Waals surface area contributed by atoms with Crippen LogP contribution >= 0.6 is 58.5 Å². The van der Waals surface area contributed by atoms with Gasteiger partial charge in [0.05, 0.1) is 17.2 Å². The number of halogens is 3. The standard InChI is InChI=1S/C16H20Cl2N4S.HI/c1-3-19-16(20-7-6-14-10-23-11(2)22-14)21-9-12-4-5-13(17)8-15(12)18;/h4-5,8,10H,3,6-7,9H2,1-2H3,(H2,19,20,21);1H. The van der Waals surface area contributed by atoms with E-state index in [0.29, 0.717) is 16.6 Å². The number of hydrogen-bond donors (Lipinski definition) is 2. The van der Waals surface area contributed by atoms with Crippen molar-refractivity contribution in [1.29, 1.82) is 0 Å². The Kier molecular flexibility index (Phi) is 9.95. The number of aryl methyl sites for hydroxylation is 1. The fourth-order valence-electron chi connectivity index (χ4n) is 1.99. The molecule has 132 valence electrons. The molecule has 0 aliphatic heterocycles. The molecular formula is C16H21Cl2IN4S. The average molecular weight is 499 g/mol. The highest BCUT2D eigenvalue weighted by Gasteiger charge is 2.03. The number of nitrogens with zero attached hydrogens (tertiary/aromatic N) is 2. The lowest BCUT2D eigenvalue weighted by Crippen LogP contribution is -2.38. The molecule has 2 aromatic rings. The highest BCUT2D eigenvalue weighted by molar-refractivity contribution is 14.0. The van der Waals surface area contributed by atoms with E-state index in [9.17, 15) is 0 Å². The number of nitrogens with one attached hydrogen (secondary N) is 2. The predicted octanol–water partition coefficient (Wildman–Crippen LogP) is 4.67. The van der Waals surface area contributed by atoms with Crippen LogP contribution in [0.4, 0.5) is 0 Å². The number of aromatic nitrogens is 1. The second-order valence-corrected chi connectivity index (χ2v) is 6.87. The molecule has 0 saturated carbocycles. The lowest BCUT2D eigenvalue weighted by Gasteiger charge is -2.11. The SMILES string of the molecule is CCNC(=NCc1ccc(Cl)cc1Cl)NCCc1csc(C)n1.I. The van der Waals surface area contributed by atoms with Crippen molar-refractivity contribution in [2.24, 2.45) is 4.99 Å². The summed E-state index contributed by atoms with van der Waals surface area (Å²) in [5.74, 6) is 0.769. The normalized spacial score (nSPS) is 11.1. The number of aliphatic imine (C=N–C) groups is 1. The number of benzene rings is 1. The van der Waals surface area contributed by atoms with Gasteiger partial charge in [-0.05, 0) is 31.5 Å². The molecule has 0 fully saturated rings. The molecule has 8 heteroatoms. The van der Waals surface area contributed by atoms with Crippen molar-refractivity contribution < 1.29 is 0 Å². The molecule has 2 N–H and O–H groups in total. The molecule has 1 heterocycles. The minimum absolute atomic E-state index is 0. The van der Waals surface area contributed by atoms with E-state index in [4.69, 9.17) is 23.2 Å². The van der Waals surface area contributed by atoms with Gasteiger partial charge in [0.15, 0.2) is 5.96 Å². The fourth-order valence-corrected chi connectivity index (χ4v) is 3.10. The summed E-state index contributed by atoms with van der Waals surface area (Å²) in [5, 5.41) is 11.0. The highest BCUT2D eigenvalue weighted by Crippen LogP contribution is 2.21. The van der Waals surface area contributed by atoms with Gasteiger partial charge in [0.2, 0.25) is 0 Å². The predicted molar refractivity (Wildman–Crippen MR) is 115 cm³/mol. The molecular weight excluding hydrogens is 478 g/mol. The third kappa shape index (κ3) is 7.13. The second-order valence-electron chi connectivity index (χ2n) is 4.97. The smallest absolute Gasteiger partial charge is 0.191 e. The van der Waals surface area contributed by atoms with E-state index in [-0.39, 0.29) is 24.0 Å². The molecule has 24 heavy (non-hydrogen) atoms. The van der Waals surface area contributed by atoms with Crippen molar-refractivity contribution in [3.8, 4) is 0 Å². The van der Waals surface area contributed by atoms with E-state index in [0.717, 1.165) is 41.7 Å². The van der Waals surface area contributed by atoms with Crippen LogP contribution in [-0.4, -0.2) is 24.0 Å². The Morgan fingerprint density at radius 2 is 2.08 bits per heavy atom. The maximum Gasteiger partial charge on any atom is 0.191 e. The first kappa shape index (κ1) is 21.5. The molecule has 0 amide bonds. The molecule has 0 aliphatic carbocycles. The van der Waals surface area contributed by atoms with Gasteiger partial charge in [-0.25, -0.2) is 9.98 Å². The van der Waals surface area contributed by atoms with E-state index in [1.807, 2.05) is 26.0 Å². The van der Waals surface area contributed by atoms with Crippen LogP contribution < -0.4 is 10.6 Å². The summed E-state index contributed by atoms with van der Waals surface area (Å²) >= 11 is 13.8. The summed E-state index contributed by atoms with van der Waals surface area (Å²) in [6.45, 7) is 6.14. The van der Waals surface area contributed by atoms with Gasteiger partial charge < -0.3 is 10.6 Å². The summed E-state index contributed by atoms with van der Waals surface area (Å²) in [6, 6.07) is 5.46. The number of rotatable bonds is 6. The Morgan fingerprint density at radius 3 is 2.71 bits per heavy atom. The van der Waals surface area contributed by atoms with Crippen molar-refractivity contribution in [2.45, 2.75) is 26.8 Å². The van der Waals surface area contributed by atoms with Crippen LogP contribution in [0.2, 0.25) is 10.0 Å². The maximum absolute atomic E-state index is 6.18. The van der Waals surface area contributed by atoms with E-state index in [1.54, 1.807) is 17.4 Å². The van der Waals surface area contributed by atoms with Crippen LogP contribution in [-0.2, 0) is 13.0 Å². The van der Waals surface area contributed by atoms with Gasteiger partial charge in [-0.2, -0.15) is 0 Å². The van der Waals surface area contributed by atoms with Gasteiger partial charge in [-0.15, -0.1) is 35.3 Å². The van der Waals surface area contributed by atoms with E-state index in [1.165, 1.54) is 0 Å². The van der Waals surface area contributed by atoms with Crippen molar-refractivity contribution in [1.82, 2.24) is 15.6 Å². The van der Waals surface area contributed by atoms with Gasteiger partial charge in [-0.3, -0.25) is 0 Å². The van der Waals surface area contributed by atoms with Crippen molar-refractivity contribution in [3.63, 3.8) is 0 Å². The zero-order valence-electron chi connectivity index (χ0n) is 13.6. The first-order valence-electron chi connectivity index (χ1n) is 7.45. The van der Waals surface area contributed by atoms with E-state index < -0.39 is 0 Å². The van der Waals surface area contributed by atoms with Crippen LogP contribution in [0, 0.1) is 6.92 Å². The first-order valence-corrected chi connectivity index (χ1v) is 9.09. The molecule has 0 aliphatic rings. The Morgan fingerprint density at radius 1 is 1.29 bits per heavy atom. The Bertz CT molecular complexity index is 676. The lowest BCUT2D eigenvalue weighted by molar-refractivity contribution is 0.790. The van der Waals surface area contributed by atoms with Crippen LogP contribution in [0.3, 0.4) is 0 Å². The van der Waals surface area contributed by atoms with Crippen molar-refractivity contribution in [3.05, 3.63) is 49.9 Å². The summed E-state index contributed by atoms with van der Waals surface area (Å²) in [4.78, 5) is 9.01. The number of thiazole rings is 1. The Hall–Kier alpha value is -0.570. The zero-order chi connectivity index (χ0) is 16.7. The van der Waals surface area contributed by atoms with E-state index >= 15 is 0 Å². The Balaban J connectivity index is 0.00000288. The molecule has 0 spiro atoms. The van der Waals surface area contributed by atoms with Gasteiger partial charge >= 0.3 is 0 Å². The molecule has 2 rings (SSSR count). The van der Waals surface area contributed by atoms with Gasteiger partial charge in [0, 0.05) is 34.9 Å². The van der Waals surface area contributed by atoms with Gasteiger partial charge in [0.25, 0.3) is 0 Å². The quantitative estimate of drug-likeness (QED) is 0.345. The van der Waals surface area contributed by atoms with Crippen LogP contribution in [0.25, 0.3) is 0 Å². The third-order valence-electron chi connectivity index (χ3n) is 3.11. The fraction of sp³-hybridized carbons (Fsp3) is 0.375. The minimum Gasteiger partial charge on any atom is -0.357 e.